The maximum atomic E-state index is 13.7. The van der Waals surface area contributed by atoms with E-state index in [4.69, 9.17) is 9.15 Å². The zero-order valence-corrected chi connectivity index (χ0v) is 21.3. The summed E-state index contributed by atoms with van der Waals surface area (Å²) < 4.78 is 10.6. The summed E-state index contributed by atoms with van der Waals surface area (Å²) in [5.41, 5.74) is 2.12. The van der Waals surface area contributed by atoms with Crippen LogP contribution in [0.1, 0.15) is 32.6 Å². The summed E-state index contributed by atoms with van der Waals surface area (Å²) >= 11 is 1.28. The van der Waals surface area contributed by atoms with Crippen molar-refractivity contribution in [2.24, 2.45) is 0 Å². The Labute approximate surface area is 218 Å². The van der Waals surface area contributed by atoms with Crippen molar-refractivity contribution in [3.8, 4) is 5.75 Å². The number of benzene rings is 2. The molecule has 0 saturated carbocycles. The van der Waals surface area contributed by atoms with Gasteiger partial charge in [-0.15, -0.1) is 11.3 Å². The molecule has 2 N–H and O–H groups in total. The molecule has 1 atom stereocenters. The molecule has 0 aliphatic rings. The minimum Gasteiger partial charge on any atom is -0.497 e. The second-order valence-electron chi connectivity index (χ2n) is 8.23. The molecule has 0 saturated heterocycles. The van der Waals surface area contributed by atoms with Crippen LogP contribution in [0.4, 0.5) is 5.69 Å². The third-order valence-electron chi connectivity index (χ3n) is 5.68. The average Bonchev–Trinajstić information content (AvgIpc) is 3.64. The number of amides is 3. The number of furan rings is 1. The molecule has 8 nitrogen and oxygen atoms in total. The normalized spacial score (nSPS) is 11.4. The molecule has 9 heteroatoms. The van der Waals surface area contributed by atoms with Crippen LogP contribution in [0, 0.1) is 6.92 Å². The molecule has 2 aromatic heterocycles. The van der Waals surface area contributed by atoms with Gasteiger partial charge in [0.05, 0.1) is 31.3 Å². The van der Waals surface area contributed by atoms with Gasteiger partial charge < -0.3 is 19.8 Å². The number of nitrogens with zero attached hydrogens (tertiary/aromatic N) is 1. The Morgan fingerprint density at radius 3 is 2.35 bits per heavy atom. The van der Waals surface area contributed by atoms with Gasteiger partial charge in [0, 0.05) is 5.69 Å². The van der Waals surface area contributed by atoms with Crippen LogP contribution in [0.5, 0.6) is 5.75 Å². The lowest BCUT2D eigenvalue weighted by Gasteiger charge is -2.31. The first-order valence-corrected chi connectivity index (χ1v) is 12.5. The van der Waals surface area contributed by atoms with Crippen LogP contribution in [-0.4, -0.2) is 31.4 Å². The Morgan fingerprint density at radius 2 is 1.73 bits per heavy atom. The summed E-state index contributed by atoms with van der Waals surface area (Å²) in [6.45, 7) is 1.81. The first-order chi connectivity index (χ1) is 18.0. The van der Waals surface area contributed by atoms with Crippen LogP contribution in [0.15, 0.2) is 88.9 Å². The first-order valence-electron chi connectivity index (χ1n) is 11.6. The van der Waals surface area contributed by atoms with Crippen LogP contribution >= 0.6 is 11.3 Å². The Morgan fingerprint density at radius 1 is 0.973 bits per heavy atom. The van der Waals surface area contributed by atoms with Gasteiger partial charge in [0.2, 0.25) is 11.8 Å². The Kier molecular flexibility index (Phi) is 8.37. The Hall–Kier alpha value is -4.37. The molecule has 190 valence electrons. The van der Waals surface area contributed by atoms with Gasteiger partial charge in [0.1, 0.15) is 17.6 Å². The second kappa shape index (κ2) is 12.0. The SMILES string of the molecule is COc1ccc(N(C(=O)CNC(=O)c2cccs2)[C@H](C(=O)NCc2ccco2)c2ccc(C)cc2)cc1. The number of carbonyl (C=O) groups is 3. The predicted molar refractivity (Wildman–Crippen MR) is 142 cm³/mol. The van der Waals surface area contributed by atoms with E-state index in [0.29, 0.717) is 27.6 Å². The molecule has 0 bridgehead atoms. The fourth-order valence-corrected chi connectivity index (χ4v) is 4.41. The van der Waals surface area contributed by atoms with Crippen LogP contribution in [-0.2, 0) is 16.1 Å². The van der Waals surface area contributed by atoms with E-state index in [1.54, 1.807) is 61.0 Å². The van der Waals surface area contributed by atoms with Gasteiger partial charge in [-0.25, -0.2) is 0 Å². The van der Waals surface area contributed by atoms with E-state index in [0.717, 1.165) is 5.56 Å². The number of anilines is 1. The molecule has 0 fully saturated rings. The van der Waals surface area contributed by atoms with Crippen molar-refractivity contribution in [3.63, 3.8) is 0 Å². The smallest absolute Gasteiger partial charge is 0.261 e. The molecule has 0 radical (unpaired) electrons. The summed E-state index contributed by atoms with van der Waals surface area (Å²) in [6, 6.07) is 20.2. The van der Waals surface area contributed by atoms with E-state index in [-0.39, 0.29) is 19.0 Å². The molecule has 4 rings (SSSR count). The quantitative estimate of drug-likeness (QED) is 0.323. The molecular weight excluding hydrogens is 490 g/mol. The topological polar surface area (TPSA) is 101 Å². The number of rotatable bonds is 10. The van der Waals surface area contributed by atoms with Crippen LogP contribution < -0.4 is 20.3 Å². The molecular formula is C28H27N3O5S. The van der Waals surface area contributed by atoms with E-state index < -0.39 is 17.9 Å². The third-order valence-corrected chi connectivity index (χ3v) is 6.55. The summed E-state index contributed by atoms with van der Waals surface area (Å²) in [7, 11) is 1.55. The second-order valence-corrected chi connectivity index (χ2v) is 9.18. The average molecular weight is 518 g/mol. The number of methoxy groups -OCH3 is 1. The number of aryl methyl sites for hydroxylation is 1. The monoisotopic (exact) mass is 517 g/mol. The van der Waals surface area contributed by atoms with Crippen LogP contribution in [0.3, 0.4) is 0 Å². The molecule has 2 aromatic carbocycles. The number of ether oxygens (including phenoxy) is 1. The summed E-state index contributed by atoms with van der Waals surface area (Å²) in [5.74, 6) is -0.00664. The van der Waals surface area contributed by atoms with Crippen LogP contribution in [0.25, 0.3) is 0 Å². The minimum absolute atomic E-state index is 0.161. The fourth-order valence-electron chi connectivity index (χ4n) is 3.77. The maximum Gasteiger partial charge on any atom is 0.261 e. The molecule has 4 aromatic rings. The number of hydrogen-bond acceptors (Lipinski definition) is 6. The lowest BCUT2D eigenvalue weighted by Crippen LogP contribution is -2.47. The highest BCUT2D eigenvalue weighted by molar-refractivity contribution is 7.12. The van der Waals surface area contributed by atoms with Crippen molar-refractivity contribution in [1.82, 2.24) is 10.6 Å². The van der Waals surface area contributed by atoms with Gasteiger partial charge in [0.25, 0.3) is 5.91 Å². The van der Waals surface area contributed by atoms with Crippen molar-refractivity contribution in [3.05, 3.63) is 106 Å². The van der Waals surface area contributed by atoms with E-state index >= 15 is 0 Å². The van der Waals surface area contributed by atoms with Crippen molar-refractivity contribution >= 4 is 34.7 Å². The molecule has 37 heavy (non-hydrogen) atoms. The molecule has 0 unspecified atom stereocenters. The number of thiophene rings is 1. The molecule has 0 aliphatic carbocycles. The largest absolute Gasteiger partial charge is 0.497 e. The minimum atomic E-state index is -1.00. The van der Waals surface area contributed by atoms with Gasteiger partial charge >= 0.3 is 0 Å². The zero-order valence-electron chi connectivity index (χ0n) is 20.5. The Balaban J connectivity index is 1.68. The van der Waals surface area contributed by atoms with Gasteiger partial charge in [-0.2, -0.15) is 0 Å². The fraction of sp³-hybridized carbons (Fsp3) is 0.179. The van der Waals surface area contributed by atoms with Crippen molar-refractivity contribution < 1.29 is 23.5 Å². The highest BCUT2D eigenvalue weighted by Crippen LogP contribution is 2.30. The van der Waals surface area contributed by atoms with Gasteiger partial charge in [-0.1, -0.05) is 35.9 Å². The maximum absolute atomic E-state index is 13.7. The first kappa shape index (κ1) is 25.7. The highest BCUT2D eigenvalue weighted by atomic mass is 32.1. The highest BCUT2D eigenvalue weighted by Gasteiger charge is 2.33. The van der Waals surface area contributed by atoms with Gasteiger partial charge in [0.15, 0.2) is 0 Å². The van der Waals surface area contributed by atoms with Crippen molar-refractivity contribution in [2.45, 2.75) is 19.5 Å². The number of nitrogens with one attached hydrogen (secondary N) is 2. The number of carbonyl (C=O) groups excluding carboxylic acids is 3. The molecule has 0 spiro atoms. The van der Waals surface area contributed by atoms with Gasteiger partial charge in [-0.05, 0) is 60.3 Å². The van der Waals surface area contributed by atoms with E-state index in [2.05, 4.69) is 10.6 Å². The summed E-state index contributed by atoms with van der Waals surface area (Å²) in [5, 5.41) is 7.34. The molecule has 3 amide bonds. The van der Waals surface area contributed by atoms with Gasteiger partial charge in [-0.3, -0.25) is 19.3 Å². The standard InChI is InChI=1S/C28H27N3O5S/c1-19-7-9-20(10-8-19)26(28(34)29-17-23-5-3-15-36-23)31(21-11-13-22(35-2)14-12-21)25(32)18-30-27(33)24-6-4-16-37-24/h3-16,26H,17-18H2,1-2H3,(H,29,34)(H,30,33)/t26-/m0/s1. The van der Waals surface area contributed by atoms with E-state index in [9.17, 15) is 14.4 Å². The molecule has 0 aliphatic heterocycles. The van der Waals surface area contributed by atoms with Crippen molar-refractivity contribution in [2.75, 3.05) is 18.6 Å². The number of hydrogen-bond donors (Lipinski definition) is 2. The lowest BCUT2D eigenvalue weighted by atomic mass is 10.0. The zero-order chi connectivity index (χ0) is 26.2. The predicted octanol–water partition coefficient (Wildman–Crippen LogP) is 4.48. The van der Waals surface area contributed by atoms with E-state index in [1.807, 2.05) is 31.2 Å². The lowest BCUT2D eigenvalue weighted by molar-refractivity contribution is -0.126. The summed E-state index contributed by atoms with van der Waals surface area (Å²) in [4.78, 5) is 41.7. The Bertz CT molecular complexity index is 1320. The van der Waals surface area contributed by atoms with E-state index in [1.165, 1.54) is 22.5 Å². The molecule has 2 heterocycles. The van der Waals surface area contributed by atoms with Crippen LogP contribution in [0.2, 0.25) is 0 Å². The summed E-state index contributed by atoms with van der Waals surface area (Å²) in [6.07, 6.45) is 1.53. The third kappa shape index (κ3) is 6.45. The van der Waals surface area contributed by atoms with Crippen molar-refractivity contribution in [1.29, 1.82) is 0 Å².